The average Bonchev–Trinajstić information content (AvgIpc) is 3.05. The lowest BCUT2D eigenvalue weighted by Gasteiger charge is -2.22. The van der Waals surface area contributed by atoms with Gasteiger partial charge in [0, 0.05) is 21.5 Å². The molecule has 3 aromatic carbocycles. The summed E-state index contributed by atoms with van der Waals surface area (Å²) in [5.41, 5.74) is 4.37. The number of fused-ring (bicyclic) bond motifs is 3. The molecule has 0 fully saturated rings. The van der Waals surface area contributed by atoms with Gasteiger partial charge in [0.15, 0.2) is 5.69 Å². The maximum absolute atomic E-state index is 6.48. The number of anilines is 1. The second-order valence-electron chi connectivity index (χ2n) is 8.09. The Hall–Kier alpha value is -3.10. The van der Waals surface area contributed by atoms with Gasteiger partial charge in [-0.1, -0.05) is 89.6 Å². The first-order chi connectivity index (χ1) is 17.2. The quantitative estimate of drug-likeness (QED) is 0.183. The van der Waals surface area contributed by atoms with E-state index in [1.807, 2.05) is 72.8 Å². The van der Waals surface area contributed by atoms with Gasteiger partial charge in [-0.25, -0.2) is 0 Å². The number of unbranched alkanes of at least 4 members (excludes halogenated alkanes) is 1. The van der Waals surface area contributed by atoms with E-state index in [1.54, 1.807) is 11.8 Å². The Balaban J connectivity index is 1.50. The van der Waals surface area contributed by atoms with Crippen molar-refractivity contribution in [1.29, 1.82) is 0 Å². The van der Waals surface area contributed by atoms with E-state index in [9.17, 15) is 0 Å². The van der Waals surface area contributed by atoms with Gasteiger partial charge in [0.05, 0.1) is 5.56 Å². The summed E-state index contributed by atoms with van der Waals surface area (Å²) in [5.74, 6) is 2.13. The van der Waals surface area contributed by atoms with Crippen molar-refractivity contribution in [2.45, 2.75) is 37.8 Å². The normalized spacial score (nSPS) is 14.2. The Morgan fingerprint density at radius 2 is 1.86 bits per heavy atom. The van der Waals surface area contributed by atoms with Crippen LogP contribution < -0.4 is 14.8 Å². The van der Waals surface area contributed by atoms with Gasteiger partial charge in [0.2, 0.25) is 17.3 Å². The first kappa shape index (κ1) is 23.6. The molecule has 5 rings (SSSR count). The van der Waals surface area contributed by atoms with Gasteiger partial charge in [-0.05, 0) is 36.2 Å². The van der Waals surface area contributed by atoms with Crippen LogP contribution in [0.25, 0.3) is 11.3 Å². The largest absolute Gasteiger partial charge is 0.488 e. The van der Waals surface area contributed by atoms with Crippen molar-refractivity contribution in [3.05, 3.63) is 88.4 Å². The zero-order chi connectivity index (χ0) is 24.0. The van der Waals surface area contributed by atoms with Gasteiger partial charge in [0.25, 0.3) is 0 Å². The summed E-state index contributed by atoms with van der Waals surface area (Å²) in [7, 11) is 0. The van der Waals surface area contributed by atoms with Crippen LogP contribution in [0.15, 0.2) is 82.4 Å². The van der Waals surface area contributed by atoms with Crippen molar-refractivity contribution >= 4 is 33.4 Å². The topological polar surface area (TPSA) is 69.2 Å². The molecule has 1 aromatic heterocycles. The summed E-state index contributed by atoms with van der Waals surface area (Å²) >= 11 is 5.21. The summed E-state index contributed by atoms with van der Waals surface area (Å²) in [6, 6.07) is 24.0. The van der Waals surface area contributed by atoms with Gasteiger partial charge >= 0.3 is 0 Å². The Morgan fingerprint density at radius 3 is 2.71 bits per heavy atom. The number of hydrogen-bond donors (Lipinski definition) is 1. The molecule has 6 nitrogen and oxygen atoms in total. The smallest absolute Gasteiger partial charge is 0.247 e. The molecule has 4 aromatic rings. The van der Waals surface area contributed by atoms with Crippen LogP contribution in [0.4, 0.5) is 5.69 Å². The molecule has 0 saturated heterocycles. The van der Waals surface area contributed by atoms with E-state index in [4.69, 9.17) is 14.5 Å². The molecular formula is C27H25BrN4O2S. The Morgan fingerprint density at radius 1 is 1.03 bits per heavy atom. The summed E-state index contributed by atoms with van der Waals surface area (Å²) in [6.45, 7) is 2.62. The van der Waals surface area contributed by atoms with Crippen molar-refractivity contribution in [2.75, 3.05) is 11.1 Å². The van der Waals surface area contributed by atoms with Gasteiger partial charge < -0.3 is 14.8 Å². The standard InChI is InChI=1S/C27H25BrN4O2S/c1-2-3-15-35-27-30-26-24(31-32-27)20-11-7-8-12-22(20)29-25(34-26)21-16-19(28)13-14-23(21)33-17-18-9-5-4-6-10-18/h4-14,16,25,29H,2-3,15,17H2,1H3. The molecule has 0 spiro atoms. The molecule has 1 aliphatic rings. The number of benzene rings is 3. The monoisotopic (exact) mass is 548 g/mol. The molecule has 1 aliphatic heterocycles. The van der Waals surface area contributed by atoms with Crippen LogP contribution in [-0.4, -0.2) is 20.9 Å². The highest BCUT2D eigenvalue weighted by Crippen LogP contribution is 2.41. The predicted molar refractivity (Wildman–Crippen MR) is 143 cm³/mol. The second-order valence-corrected chi connectivity index (χ2v) is 10.1. The van der Waals surface area contributed by atoms with Crippen LogP contribution in [0, 0.1) is 0 Å². The van der Waals surface area contributed by atoms with Crippen molar-refractivity contribution in [2.24, 2.45) is 0 Å². The summed E-state index contributed by atoms with van der Waals surface area (Å²) in [6.07, 6.45) is 1.68. The highest BCUT2D eigenvalue weighted by atomic mass is 79.9. The number of hydrogen-bond acceptors (Lipinski definition) is 7. The minimum atomic E-state index is -0.536. The molecular weight excluding hydrogens is 524 g/mol. The molecule has 0 amide bonds. The molecule has 0 saturated carbocycles. The zero-order valence-electron chi connectivity index (χ0n) is 19.3. The van der Waals surface area contributed by atoms with E-state index in [1.165, 1.54) is 0 Å². The summed E-state index contributed by atoms with van der Waals surface area (Å²) in [5, 5.41) is 13.0. The third kappa shape index (κ3) is 5.60. The predicted octanol–water partition coefficient (Wildman–Crippen LogP) is 7.28. The fourth-order valence-electron chi connectivity index (χ4n) is 3.75. The molecule has 2 heterocycles. The number of ether oxygens (including phenoxy) is 2. The highest BCUT2D eigenvalue weighted by Gasteiger charge is 2.28. The van der Waals surface area contributed by atoms with E-state index in [2.05, 4.69) is 38.4 Å². The molecule has 1 unspecified atom stereocenters. The third-order valence-electron chi connectivity index (χ3n) is 5.55. The highest BCUT2D eigenvalue weighted by molar-refractivity contribution is 9.10. The molecule has 1 atom stereocenters. The number of rotatable bonds is 8. The number of thioether (sulfide) groups is 1. The van der Waals surface area contributed by atoms with Crippen LogP contribution in [0.1, 0.15) is 37.1 Å². The van der Waals surface area contributed by atoms with Crippen LogP contribution in [-0.2, 0) is 6.61 Å². The molecule has 0 radical (unpaired) electrons. The number of nitrogens with zero attached hydrogens (tertiary/aromatic N) is 3. The summed E-state index contributed by atoms with van der Waals surface area (Å²) in [4.78, 5) is 4.74. The number of para-hydroxylation sites is 1. The van der Waals surface area contributed by atoms with E-state index in [0.717, 1.165) is 51.2 Å². The van der Waals surface area contributed by atoms with Crippen LogP contribution in [0.2, 0.25) is 0 Å². The van der Waals surface area contributed by atoms with Crippen LogP contribution >= 0.6 is 27.7 Å². The Labute approximate surface area is 217 Å². The lowest BCUT2D eigenvalue weighted by Crippen LogP contribution is -2.18. The third-order valence-corrected chi connectivity index (χ3v) is 6.97. The van der Waals surface area contributed by atoms with Crippen molar-refractivity contribution in [3.8, 4) is 22.9 Å². The van der Waals surface area contributed by atoms with E-state index < -0.39 is 6.23 Å². The first-order valence-electron chi connectivity index (χ1n) is 11.6. The lowest BCUT2D eigenvalue weighted by atomic mass is 10.1. The van der Waals surface area contributed by atoms with Gasteiger partial charge in [-0.3, -0.25) is 0 Å². The fourth-order valence-corrected chi connectivity index (χ4v) is 4.99. The van der Waals surface area contributed by atoms with Crippen molar-refractivity contribution in [3.63, 3.8) is 0 Å². The first-order valence-corrected chi connectivity index (χ1v) is 13.4. The SMILES string of the molecule is CCCCSc1nnc2c(n1)OC(c1cc(Br)ccc1OCc1ccccc1)Nc1ccccc1-2. The maximum atomic E-state index is 6.48. The van der Waals surface area contributed by atoms with E-state index in [0.29, 0.717) is 23.3 Å². The minimum Gasteiger partial charge on any atom is -0.488 e. The fraction of sp³-hybridized carbons (Fsp3) is 0.222. The second kappa shape index (κ2) is 11.1. The van der Waals surface area contributed by atoms with Gasteiger partial charge in [-0.15, -0.1) is 10.2 Å². The Bertz CT molecular complexity index is 1310. The van der Waals surface area contributed by atoms with E-state index in [-0.39, 0.29) is 0 Å². The number of halogens is 1. The Kier molecular flexibility index (Phi) is 7.49. The van der Waals surface area contributed by atoms with Crippen LogP contribution in [0.5, 0.6) is 11.6 Å². The zero-order valence-corrected chi connectivity index (χ0v) is 21.7. The number of nitrogens with one attached hydrogen (secondary N) is 1. The number of aromatic nitrogens is 3. The van der Waals surface area contributed by atoms with Gasteiger partial charge in [-0.2, -0.15) is 4.98 Å². The maximum Gasteiger partial charge on any atom is 0.247 e. The van der Waals surface area contributed by atoms with Crippen molar-refractivity contribution in [1.82, 2.24) is 15.2 Å². The lowest BCUT2D eigenvalue weighted by molar-refractivity contribution is 0.214. The summed E-state index contributed by atoms with van der Waals surface area (Å²) < 4.78 is 13.7. The average molecular weight is 549 g/mol. The molecule has 178 valence electrons. The minimum absolute atomic E-state index is 0.454. The molecule has 35 heavy (non-hydrogen) atoms. The van der Waals surface area contributed by atoms with Crippen molar-refractivity contribution < 1.29 is 9.47 Å². The van der Waals surface area contributed by atoms with E-state index >= 15 is 0 Å². The molecule has 8 heteroatoms. The molecule has 0 aliphatic carbocycles. The molecule has 0 bridgehead atoms. The van der Waals surface area contributed by atoms with Gasteiger partial charge in [0.1, 0.15) is 12.4 Å². The van der Waals surface area contributed by atoms with Crippen LogP contribution in [0.3, 0.4) is 0 Å². The molecule has 1 N–H and O–H groups in total.